The maximum atomic E-state index is 5.74. The lowest BCUT2D eigenvalue weighted by Crippen LogP contribution is -2.37. The van der Waals surface area contributed by atoms with Crippen LogP contribution in [0.25, 0.3) is 0 Å². The minimum absolute atomic E-state index is 0.640. The molecule has 0 radical (unpaired) electrons. The molecule has 0 saturated heterocycles. The second-order valence-corrected chi connectivity index (χ2v) is 5.51. The molecule has 1 saturated carbocycles. The Balaban J connectivity index is 2.21. The average molecular weight is 298 g/mol. The topological polar surface area (TPSA) is 42.2 Å². The van der Waals surface area contributed by atoms with Crippen molar-refractivity contribution < 1.29 is 0 Å². The fourth-order valence-corrected chi connectivity index (χ4v) is 3.22. The summed E-state index contributed by atoms with van der Waals surface area (Å²) in [5, 5.41) is 0. The molecule has 1 heterocycles. The van der Waals surface area contributed by atoms with Crippen LogP contribution in [0.2, 0.25) is 0 Å². The monoisotopic (exact) mass is 297 g/mol. The van der Waals surface area contributed by atoms with Gasteiger partial charge < -0.3 is 10.6 Å². The van der Waals surface area contributed by atoms with Crippen molar-refractivity contribution in [2.24, 2.45) is 0 Å². The Kier molecular flexibility index (Phi) is 4.26. The molecule has 1 fully saturated rings. The summed E-state index contributed by atoms with van der Waals surface area (Å²) in [5.74, 6) is 1.04. The van der Waals surface area contributed by atoms with Gasteiger partial charge in [0.05, 0.1) is 16.4 Å². The Labute approximate surface area is 112 Å². The number of nitrogens with two attached hydrogens (primary N) is 1. The van der Waals surface area contributed by atoms with E-state index in [9.17, 15) is 0 Å². The lowest BCUT2D eigenvalue weighted by Gasteiger charge is -2.35. The Bertz CT molecular complexity index is 375. The molecule has 2 N–H and O–H groups in total. The normalized spacial score (nSPS) is 17.1. The van der Waals surface area contributed by atoms with Gasteiger partial charge in [-0.3, -0.25) is 0 Å². The van der Waals surface area contributed by atoms with Crippen molar-refractivity contribution in [2.75, 3.05) is 17.2 Å². The van der Waals surface area contributed by atoms with E-state index >= 15 is 0 Å². The van der Waals surface area contributed by atoms with Gasteiger partial charge in [-0.25, -0.2) is 4.98 Å². The molecule has 4 heteroatoms. The van der Waals surface area contributed by atoms with Gasteiger partial charge in [0.1, 0.15) is 5.82 Å². The molecule has 94 valence electrons. The van der Waals surface area contributed by atoms with Gasteiger partial charge in [-0.05, 0) is 41.8 Å². The van der Waals surface area contributed by atoms with Gasteiger partial charge in [-0.2, -0.15) is 0 Å². The van der Waals surface area contributed by atoms with Gasteiger partial charge in [-0.15, -0.1) is 0 Å². The summed E-state index contributed by atoms with van der Waals surface area (Å²) >= 11 is 3.57. The maximum Gasteiger partial charge on any atom is 0.143 e. The van der Waals surface area contributed by atoms with Crippen LogP contribution in [-0.4, -0.2) is 17.6 Å². The molecule has 3 nitrogen and oxygen atoms in total. The first kappa shape index (κ1) is 12.7. The van der Waals surface area contributed by atoms with Gasteiger partial charge in [0.15, 0.2) is 0 Å². The fraction of sp³-hybridized carbons (Fsp3) is 0.615. The summed E-state index contributed by atoms with van der Waals surface area (Å²) in [6.07, 6.45) is 8.37. The van der Waals surface area contributed by atoms with Crippen LogP contribution in [0.15, 0.2) is 16.7 Å². The van der Waals surface area contributed by atoms with Gasteiger partial charge in [0.25, 0.3) is 0 Å². The lowest BCUT2D eigenvalue weighted by molar-refractivity contribution is 0.416. The molecule has 0 amide bonds. The summed E-state index contributed by atoms with van der Waals surface area (Å²) in [6.45, 7) is 3.19. The average Bonchev–Trinajstić information content (AvgIpc) is 2.34. The summed E-state index contributed by atoms with van der Waals surface area (Å²) in [6, 6.07) is 2.58. The number of pyridine rings is 1. The standard InChI is InChI=1S/C13H20BrN3/c1-2-17(11-6-4-3-5-7-11)13-12(14)8-10(15)9-16-13/h8-9,11H,2-7,15H2,1H3. The zero-order chi connectivity index (χ0) is 12.3. The second-order valence-electron chi connectivity index (χ2n) is 4.65. The Morgan fingerprint density at radius 3 is 2.71 bits per heavy atom. The predicted octanol–water partition coefficient (Wildman–Crippen LogP) is 3.59. The maximum absolute atomic E-state index is 5.74. The Hall–Kier alpha value is -0.770. The molecule has 17 heavy (non-hydrogen) atoms. The van der Waals surface area contributed by atoms with Crippen molar-refractivity contribution >= 4 is 27.4 Å². The number of halogens is 1. The van der Waals surface area contributed by atoms with Crippen molar-refractivity contribution in [1.29, 1.82) is 0 Å². The van der Waals surface area contributed by atoms with Crippen LogP contribution in [0.4, 0.5) is 11.5 Å². The highest BCUT2D eigenvalue weighted by atomic mass is 79.9. The zero-order valence-corrected chi connectivity index (χ0v) is 11.9. The first-order valence-corrected chi connectivity index (χ1v) is 7.19. The van der Waals surface area contributed by atoms with E-state index in [2.05, 4.69) is 32.7 Å². The highest BCUT2D eigenvalue weighted by Gasteiger charge is 2.22. The van der Waals surface area contributed by atoms with E-state index in [1.807, 2.05) is 6.07 Å². The van der Waals surface area contributed by atoms with Gasteiger partial charge in [-0.1, -0.05) is 19.3 Å². The lowest BCUT2D eigenvalue weighted by atomic mass is 9.94. The second kappa shape index (κ2) is 5.71. The van der Waals surface area contributed by atoms with Crippen LogP contribution in [-0.2, 0) is 0 Å². The van der Waals surface area contributed by atoms with Gasteiger partial charge >= 0.3 is 0 Å². The summed E-state index contributed by atoms with van der Waals surface area (Å²) in [7, 11) is 0. The van der Waals surface area contributed by atoms with Crippen LogP contribution in [0.1, 0.15) is 39.0 Å². The number of hydrogen-bond donors (Lipinski definition) is 1. The molecular weight excluding hydrogens is 278 g/mol. The third-order valence-corrected chi connectivity index (χ3v) is 4.05. The van der Waals surface area contributed by atoms with Crippen molar-refractivity contribution in [1.82, 2.24) is 4.98 Å². The highest BCUT2D eigenvalue weighted by molar-refractivity contribution is 9.10. The van der Waals surface area contributed by atoms with E-state index in [1.165, 1.54) is 32.1 Å². The van der Waals surface area contributed by atoms with Crippen molar-refractivity contribution in [3.05, 3.63) is 16.7 Å². The third-order valence-electron chi connectivity index (χ3n) is 3.47. The number of anilines is 2. The number of rotatable bonds is 3. The van der Waals surface area contributed by atoms with Crippen LogP contribution in [0.5, 0.6) is 0 Å². The van der Waals surface area contributed by atoms with Crippen molar-refractivity contribution in [3.63, 3.8) is 0 Å². The Morgan fingerprint density at radius 2 is 2.12 bits per heavy atom. The van der Waals surface area contributed by atoms with Crippen LogP contribution in [0, 0.1) is 0 Å². The quantitative estimate of drug-likeness (QED) is 0.927. The highest BCUT2D eigenvalue weighted by Crippen LogP contribution is 2.31. The largest absolute Gasteiger partial charge is 0.397 e. The van der Waals surface area contributed by atoms with E-state index in [1.54, 1.807) is 6.20 Å². The number of hydrogen-bond acceptors (Lipinski definition) is 3. The van der Waals surface area contributed by atoms with Crippen LogP contribution in [0.3, 0.4) is 0 Å². The van der Waals surface area contributed by atoms with Crippen LogP contribution >= 0.6 is 15.9 Å². The van der Waals surface area contributed by atoms with E-state index in [0.29, 0.717) is 11.7 Å². The molecule has 1 aliphatic carbocycles. The predicted molar refractivity (Wildman–Crippen MR) is 76.2 cm³/mol. The van der Waals surface area contributed by atoms with Crippen LogP contribution < -0.4 is 10.6 Å². The summed E-state index contributed by atoms with van der Waals surface area (Å²) in [5.41, 5.74) is 6.45. The molecule has 0 aliphatic heterocycles. The summed E-state index contributed by atoms with van der Waals surface area (Å²) in [4.78, 5) is 6.88. The molecule has 0 unspecified atom stereocenters. The first-order valence-electron chi connectivity index (χ1n) is 6.40. The number of aromatic nitrogens is 1. The molecule has 1 aromatic rings. The molecule has 2 rings (SSSR count). The molecule has 1 aliphatic rings. The first-order chi connectivity index (χ1) is 8.22. The number of nitrogen functional groups attached to an aromatic ring is 1. The van der Waals surface area contributed by atoms with Gasteiger partial charge in [0.2, 0.25) is 0 Å². The van der Waals surface area contributed by atoms with E-state index in [0.717, 1.165) is 16.8 Å². The number of nitrogens with zero attached hydrogens (tertiary/aromatic N) is 2. The molecule has 0 spiro atoms. The molecule has 0 atom stereocenters. The van der Waals surface area contributed by atoms with E-state index in [-0.39, 0.29) is 0 Å². The van der Waals surface area contributed by atoms with E-state index in [4.69, 9.17) is 5.73 Å². The third kappa shape index (κ3) is 2.92. The van der Waals surface area contributed by atoms with Gasteiger partial charge in [0, 0.05) is 12.6 Å². The Morgan fingerprint density at radius 1 is 1.41 bits per heavy atom. The molecule has 0 aromatic carbocycles. The minimum Gasteiger partial charge on any atom is -0.397 e. The van der Waals surface area contributed by atoms with Crippen molar-refractivity contribution in [2.45, 2.75) is 45.1 Å². The molecule has 0 bridgehead atoms. The molecular formula is C13H20BrN3. The molecule has 1 aromatic heterocycles. The van der Waals surface area contributed by atoms with Crippen molar-refractivity contribution in [3.8, 4) is 0 Å². The SMILES string of the molecule is CCN(c1ncc(N)cc1Br)C1CCCCC1. The minimum atomic E-state index is 0.640. The zero-order valence-electron chi connectivity index (χ0n) is 10.3. The summed E-state index contributed by atoms with van der Waals surface area (Å²) < 4.78 is 1.00. The fourth-order valence-electron chi connectivity index (χ4n) is 2.63. The smallest absolute Gasteiger partial charge is 0.143 e. The van der Waals surface area contributed by atoms with E-state index < -0.39 is 0 Å².